The molecule has 43 heavy (non-hydrogen) atoms. The van der Waals surface area contributed by atoms with Gasteiger partial charge in [0.15, 0.2) is 0 Å². The Morgan fingerprint density at radius 2 is 1.21 bits per heavy atom. The van der Waals surface area contributed by atoms with Gasteiger partial charge < -0.3 is 10.4 Å². The summed E-state index contributed by atoms with van der Waals surface area (Å²) in [6.07, 6.45) is 22.0. The van der Waals surface area contributed by atoms with Crippen molar-refractivity contribution < 1.29 is 5.11 Å². The van der Waals surface area contributed by atoms with Crippen molar-refractivity contribution in [2.75, 3.05) is 5.32 Å². The van der Waals surface area contributed by atoms with Crippen molar-refractivity contribution in [1.29, 1.82) is 0 Å². The fraction of sp³-hybridized carbons (Fsp3) is 0.0732. The summed E-state index contributed by atoms with van der Waals surface area (Å²) >= 11 is 0. The first-order valence-electron chi connectivity index (χ1n) is 15.0. The van der Waals surface area contributed by atoms with Gasteiger partial charge in [0.05, 0.1) is 11.7 Å². The monoisotopic (exact) mass is 551 g/mol. The molecule has 5 aromatic rings. The number of benzene rings is 5. The molecule has 0 spiro atoms. The zero-order valence-electron chi connectivity index (χ0n) is 23.5. The van der Waals surface area contributed by atoms with Crippen LogP contribution in [0.2, 0.25) is 0 Å². The lowest BCUT2D eigenvalue weighted by molar-refractivity contribution is 0.507. The fourth-order valence-corrected chi connectivity index (χ4v) is 7.58. The fourth-order valence-electron chi connectivity index (χ4n) is 7.58. The number of aliphatic hydroxyl groups excluding tert-OH is 1. The smallest absolute Gasteiger partial charge is 0.123 e. The highest BCUT2D eigenvalue weighted by Crippen LogP contribution is 2.47. The minimum atomic E-state index is -0.148. The number of rotatable bonds is 2. The van der Waals surface area contributed by atoms with Gasteiger partial charge in [-0.2, -0.15) is 0 Å². The highest BCUT2D eigenvalue weighted by Gasteiger charge is 2.34. The third kappa shape index (κ3) is 3.66. The molecule has 9 rings (SSSR count). The predicted molar refractivity (Wildman–Crippen MR) is 181 cm³/mol. The minimum absolute atomic E-state index is 0.148. The molecule has 1 aliphatic heterocycles. The van der Waals surface area contributed by atoms with Gasteiger partial charge in [-0.1, -0.05) is 127 Å². The van der Waals surface area contributed by atoms with Crippen molar-refractivity contribution in [3.63, 3.8) is 0 Å². The zero-order chi connectivity index (χ0) is 28.5. The Kier molecular flexibility index (Phi) is 5.27. The van der Waals surface area contributed by atoms with Crippen LogP contribution in [0, 0.1) is 11.8 Å². The number of aliphatic hydroxyl groups is 1. The Balaban J connectivity index is 1.25. The third-order valence-corrected chi connectivity index (χ3v) is 9.55. The molecule has 0 saturated heterocycles. The first kappa shape index (κ1) is 24.3. The summed E-state index contributed by atoms with van der Waals surface area (Å²) in [4.78, 5) is 0. The van der Waals surface area contributed by atoms with Crippen LogP contribution in [0.4, 0.5) is 5.69 Å². The zero-order valence-corrected chi connectivity index (χ0v) is 23.5. The molecule has 2 N–H and O–H groups in total. The molecule has 2 heteroatoms. The maximum atomic E-state index is 11.7. The largest absolute Gasteiger partial charge is 0.507 e. The SMILES string of the molecule is OC1=CC(C2=C3C=CC=CC3C3C=CC=CC3=C2)Nc2c1cc(-c1cc3ccccc3c3ccccc13)c1ccccc21. The normalized spacial score (nSPS) is 21.8. The molecular formula is C41H29NO. The van der Waals surface area contributed by atoms with E-state index in [-0.39, 0.29) is 6.04 Å². The molecule has 0 aromatic heterocycles. The minimum Gasteiger partial charge on any atom is -0.507 e. The van der Waals surface area contributed by atoms with E-state index in [1.807, 2.05) is 6.08 Å². The predicted octanol–water partition coefficient (Wildman–Crippen LogP) is 10.2. The van der Waals surface area contributed by atoms with E-state index in [2.05, 4.69) is 145 Å². The lowest BCUT2D eigenvalue weighted by Crippen LogP contribution is -2.30. The van der Waals surface area contributed by atoms with Crippen molar-refractivity contribution >= 4 is 43.8 Å². The van der Waals surface area contributed by atoms with Crippen molar-refractivity contribution in [2.45, 2.75) is 6.04 Å². The van der Waals surface area contributed by atoms with Crippen LogP contribution in [-0.4, -0.2) is 11.1 Å². The van der Waals surface area contributed by atoms with E-state index in [1.54, 1.807) is 0 Å². The molecule has 3 atom stereocenters. The molecule has 5 aromatic carbocycles. The highest BCUT2D eigenvalue weighted by atomic mass is 16.3. The van der Waals surface area contributed by atoms with Gasteiger partial charge >= 0.3 is 0 Å². The maximum absolute atomic E-state index is 11.7. The van der Waals surface area contributed by atoms with Crippen LogP contribution in [0.25, 0.3) is 49.2 Å². The summed E-state index contributed by atoms with van der Waals surface area (Å²) < 4.78 is 0. The van der Waals surface area contributed by atoms with Crippen LogP contribution in [0.1, 0.15) is 5.56 Å². The van der Waals surface area contributed by atoms with Gasteiger partial charge in [0, 0.05) is 22.8 Å². The molecule has 0 fully saturated rings. The number of hydrogen-bond donors (Lipinski definition) is 2. The first-order valence-corrected chi connectivity index (χ1v) is 15.0. The van der Waals surface area contributed by atoms with E-state index in [1.165, 1.54) is 49.2 Å². The number of fused-ring (bicyclic) bond motifs is 9. The van der Waals surface area contributed by atoms with Gasteiger partial charge in [-0.25, -0.2) is 0 Å². The lowest BCUT2D eigenvalue weighted by Gasteiger charge is -2.36. The Morgan fingerprint density at radius 1 is 0.558 bits per heavy atom. The summed E-state index contributed by atoms with van der Waals surface area (Å²) in [6.45, 7) is 0. The molecule has 2 nitrogen and oxygen atoms in total. The van der Waals surface area contributed by atoms with Crippen molar-refractivity contribution in [2.24, 2.45) is 11.8 Å². The molecule has 3 aliphatic carbocycles. The number of allylic oxidation sites excluding steroid dienone is 10. The van der Waals surface area contributed by atoms with Crippen molar-refractivity contribution in [1.82, 2.24) is 0 Å². The molecule has 204 valence electrons. The van der Waals surface area contributed by atoms with Crippen LogP contribution < -0.4 is 5.32 Å². The van der Waals surface area contributed by atoms with E-state index in [0.29, 0.717) is 17.6 Å². The van der Waals surface area contributed by atoms with E-state index in [4.69, 9.17) is 0 Å². The second kappa shape index (κ2) is 9.34. The molecule has 0 saturated carbocycles. The average Bonchev–Trinajstić information content (AvgIpc) is 3.07. The maximum Gasteiger partial charge on any atom is 0.123 e. The summed E-state index contributed by atoms with van der Waals surface area (Å²) in [5.74, 6) is 0.953. The summed E-state index contributed by atoms with van der Waals surface area (Å²) in [6, 6.07) is 30.2. The Bertz CT molecular complexity index is 2240. The number of hydrogen-bond acceptors (Lipinski definition) is 2. The molecule has 0 bridgehead atoms. The lowest BCUT2D eigenvalue weighted by atomic mass is 9.70. The van der Waals surface area contributed by atoms with Gasteiger partial charge in [-0.15, -0.1) is 0 Å². The Hall–Kier alpha value is -5.34. The molecule has 0 amide bonds. The number of anilines is 1. The van der Waals surface area contributed by atoms with Crippen LogP contribution in [0.5, 0.6) is 0 Å². The van der Waals surface area contributed by atoms with Crippen LogP contribution >= 0.6 is 0 Å². The van der Waals surface area contributed by atoms with Crippen LogP contribution in [0.15, 0.2) is 162 Å². The van der Waals surface area contributed by atoms with Crippen LogP contribution in [-0.2, 0) is 0 Å². The summed E-state index contributed by atoms with van der Waals surface area (Å²) in [5, 5.41) is 22.8. The first-order chi connectivity index (χ1) is 21.2. The van der Waals surface area contributed by atoms with Gasteiger partial charge in [-0.05, 0) is 73.0 Å². The summed E-state index contributed by atoms with van der Waals surface area (Å²) in [7, 11) is 0. The molecule has 1 heterocycles. The number of nitrogens with one attached hydrogen (secondary N) is 1. The van der Waals surface area contributed by atoms with E-state index in [0.717, 1.165) is 22.2 Å². The van der Waals surface area contributed by atoms with E-state index >= 15 is 0 Å². The highest BCUT2D eigenvalue weighted by molar-refractivity contribution is 6.18. The average molecular weight is 552 g/mol. The van der Waals surface area contributed by atoms with Gasteiger partial charge in [-0.3, -0.25) is 0 Å². The van der Waals surface area contributed by atoms with Crippen molar-refractivity contribution in [3.8, 4) is 11.1 Å². The molecular weight excluding hydrogens is 522 g/mol. The van der Waals surface area contributed by atoms with Gasteiger partial charge in [0.25, 0.3) is 0 Å². The van der Waals surface area contributed by atoms with Gasteiger partial charge in [0.2, 0.25) is 0 Å². The standard InChI is InChI=1S/C41H29NO/c43-40-24-39(37-22-26-12-2-4-14-28(26)30-16-6-8-18-32(30)37)42-41-34-20-10-9-19-33(34)36(23-38(40)41)35-21-25-11-1-3-13-27(25)29-15-5-7-17-31(29)35/h1-24,28,30,39,42-43H. The second-order valence-electron chi connectivity index (χ2n) is 11.9. The Labute approximate surface area is 250 Å². The van der Waals surface area contributed by atoms with Crippen molar-refractivity contribution in [3.05, 3.63) is 168 Å². The van der Waals surface area contributed by atoms with Crippen LogP contribution in [0.3, 0.4) is 0 Å². The quantitative estimate of drug-likeness (QED) is 0.214. The molecule has 3 unspecified atom stereocenters. The third-order valence-electron chi connectivity index (χ3n) is 9.55. The summed E-state index contributed by atoms with van der Waals surface area (Å²) in [5.41, 5.74) is 7.96. The van der Waals surface area contributed by atoms with E-state index in [9.17, 15) is 5.11 Å². The topological polar surface area (TPSA) is 32.3 Å². The second-order valence-corrected chi connectivity index (χ2v) is 11.9. The van der Waals surface area contributed by atoms with Gasteiger partial charge in [0.1, 0.15) is 5.76 Å². The Morgan fingerprint density at radius 3 is 2.05 bits per heavy atom. The molecule has 0 radical (unpaired) electrons. The molecule has 4 aliphatic rings. The van der Waals surface area contributed by atoms with E-state index < -0.39 is 0 Å².